The number of hydrogen-bond acceptors (Lipinski definition) is 3. The lowest BCUT2D eigenvalue weighted by atomic mass is 10.2. The van der Waals surface area contributed by atoms with Gasteiger partial charge in [-0.1, -0.05) is 18.2 Å². The number of carboxylic acids is 1. The molecule has 0 aliphatic rings. The Morgan fingerprint density at radius 1 is 1.18 bits per heavy atom. The summed E-state index contributed by atoms with van der Waals surface area (Å²) in [5.41, 5.74) is 1.52. The van der Waals surface area contributed by atoms with E-state index in [4.69, 9.17) is 14.6 Å². The molecule has 0 spiro atoms. The van der Waals surface area contributed by atoms with Crippen molar-refractivity contribution < 1.29 is 23.8 Å². The Bertz CT molecular complexity index is 678. The number of aliphatic carboxylic acids is 1. The van der Waals surface area contributed by atoms with Crippen LogP contribution in [0, 0.1) is 5.82 Å². The van der Waals surface area contributed by atoms with Crippen LogP contribution in [0.4, 0.5) is 4.39 Å². The highest BCUT2D eigenvalue weighted by Gasteiger charge is 2.05. The summed E-state index contributed by atoms with van der Waals surface area (Å²) in [5, 5.41) is 8.62. The molecule has 0 heterocycles. The Hall–Kier alpha value is -2.82. The van der Waals surface area contributed by atoms with Gasteiger partial charge in [-0.3, -0.25) is 0 Å². The van der Waals surface area contributed by atoms with Gasteiger partial charge < -0.3 is 14.6 Å². The van der Waals surface area contributed by atoms with E-state index in [9.17, 15) is 9.18 Å². The maximum atomic E-state index is 12.8. The second kappa shape index (κ2) is 7.26. The minimum atomic E-state index is -1.02. The van der Waals surface area contributed by atoms with E-state index in [1.807, 2.05) is 0 Å². The first-order valence-corrected chi connectivity index (χ1v) is 6.55. The molecule has 114 valence electrons. The molecule has 0 fully saturated rings. The third-order valence-electron chi connectivity index (χ3n) is 2.91. The monoisotopic (exact) mass is 302 g/mol. The first-order chi connectivity index (χ1) is 10.6. The first-order valence-electron chi connectivity index (χ1n) is 6.55. The molecule has 0 unspecified atom stereocenters. The Morgan fingerprint density at radius 2 is 1.91 bits per heavy atom. The maximum Gasteiger partial charge on any atom is 0.328 e. The molecule has 0 aliphatic heterocycles. The van der Waals surface area contributed by atoms with Crippen LogP contribution >= 0.6 is 0 Å². The molecule has 2 aromatic rings. The van der Waals surface area contributed by atoms with Gasteiger partial charge in [-0.25, -0.2) is 9.18 Å². The average Bonchev–Trinajstić information content (AvgIpc) is 2.52. The zero-order valence-electron chi connectivity index (χ0n) is 12.0. The number of rotatable bonds is 6. The number of carbonyl (C=O) groups is 1. The van der Waals surface area contributed by atoms with Crippen LogP contribution in [-0.2, 0) is 11.4 Å². The van der Waals surface area contributed by atoms with Crippen molar-refractivity contribution in [1.82, 2.24) is 0 Å². The molecule has 0 aromatic heterocycles. The molecule has 2 rings (SSSR count). The van der Waals surface area contributed by atoms with E-state index in [0.29, 0.717) is 17.1 Å². The molecular formula is C17H15FO4. The number of methoxy groups -OCH3 is 1. The molecule has 0 atom stereocenters. The molecule has 0 aliphatic carbocycles. The number of halogens is 1. The van der Waals surface area contributed by atoms with E-state index < -0.39 is 5.97 Å². The smallest absolute Gasteiger partial charge is 0.328 e. The lowest BCUT2D eigenvalue weighted by Gasteiger charge is -2.11. The molecule has 2 aromatic carbocycles. The van der Waals surface area contributed by atoms with Crippen LogP contribution in [0.25, 0.3) is 6.08 Å². The summed E-state index contributed by atoms with van der Waals surface area (Å²) >= 11 is 0. The van der Waals surface area contributed by atoms with Crippen LogP contribution in [0.3, 0.4) is 0 Å². The van der Waals surface area contributed by atoms with Gasteiger partial charge in [0, 0.05) is 6.08 Å². The van der Waals surface area contributed by atoms with Gasteiger partial charge in [-0.2, -0.15) is 0 Å². The van der Waals surface area contributed by atoms with Gasteiger partial charge in [0.1, 0.15) is 12.4 Å². The van der Waals surface area contributed by atoms with E-state index in [1.165, 1.54) is 25.3 Å². The summed E-state index contributed by atoms with van der Waals surface area (Å²) in [6, 6.07) is 11.1. The van der Waals surface area contributed by atoms with Crippen LogP contribution in [0.2, 0.25) is 0 Å². The molecule has 4 nitrogen and oxygen atoms in total. The Labute approximate surface area is 127 Å². The third kappa shape index (κ3) is 4.34. The Kier molecular flexibility index (Phi) is 5.14. The molecule has 5 heteroatoms. The predicted molar refractivity (Wildman–Crippen MR) is 80.4 cm³/mol. The van der Waals surface area contributed by atoms with Crippen LogP contribution in [0.15, 0.2) is 48.5 Å². The molecule has 0 saturated heterocycles. The lowest BCUT2D eigenvalue weighted by Crippen LogP contribution is -1.98. The number of ether oxygens (including phenoxy) is 2. The second-order valence-corrected chi connectivity index (χ2v) is 4.50. The van der Waals surface area contributed by atoms with Gasteiger partial charge in [-0.15, -0.1) is 0 Å². The summed E-state index contributed by atoms with van der Waals surface area (Å²) in [4.78, 5) is 10.5. The van der Waals surface area contributed by atoms with Gasteiger partial charge in [0.2, 0.25) is 0 Å². The fourth-order valence-corrected chi connectivity index (χ4v) is 1.82. The zero-order chi connectivity index (χ0) is 15.9. The number of hydrogen-bond donors (Lipinski definition) is 1. The lowest BCUT2D eigenvalue weighted by molar-refractivity contribution is -0.131. The SMILES string of the molecule is COc1cc(C=CC(=O)O)ccc1OCc1ccc(F)cc1. The summed E-state index contributed by atoms with van der Waals surface area (Å²) in [6.45, 7) is 0.279. The fourth-order valence-electron chi connectivity index (χ4n) is 1.82. The first kappa shape index (κ1) is 15.6. The average molecular weight is 302 g/mol. The fraction of sp³-hybridized carbons (Fsp3) is 0.118. The summed E-state index contributed by atoms with van der Waals surface area (Å²) < 4.78 is 23.7. The second-order valence-electron chi connectivity index (χ2n) is 4.50. The van der Waals surface area contributed by atoms with Crippen molar-refractivity contribution in [1.29, 1.82) is 0 Å². The van der Waals surface area contributed by atoms with Crippen molar-refractivity contribution in [3.05, 3.63) is 65.5 Å². The van der Waals surface area contributed by atoms with Gasteiger partial charge >= 0.3 is 5.97 Å². The van der Waals surface area contributed by atoms with Crippen LogP contribution in [0.5, 0.6) is 11.5 Å². The zero-order valence-corrected chi connectivity index (χ0v) is 12.0. The summed E-state index contributed by atoms with van der Waals surface area (Å²) in [5.74, 6) is -0.291. The largest absolute Gasteiger partial charge is 0.493 e. The highest BCUT2D eigenvalue weighted by atomic mass is 19.1. The molecule has 0 bridgehead atoms. The van der Waals surface area contributed by atoms with Gasteiger partial charge in [0.05, 0.1) is 7.11 Å². The highest BCUT2D eigenvalue weighted by molar-refractivity contribution is 5.85. The van der Waals surface area contributed by atoms with Crippen LogP contribution in [0.1, 0.15) is 11.1 Å². The minimum absolute atomic E-state index is 0.279. The number of carboxylic acid groups (broad SMARTS) is 1. The molecule has 0 amide bonds. The van der Waals surface area contributed by atoms with E-state index in [2.05, 4.69) is 0 Å². The predicted octanol–water partition coefficient (Wildman–Crippen LogP) is 3.51. The quantitative estimate of drug-likeness (QED) is 0.830. The molecular weight excluding hydrogens is 287 g/mol. The van der Waals surface area contributed by atoms with E-state index in [0.717, 1.165) is 11.6 Å². The van der Waals surface area contributed by atoms with Crippen molar-refractivity contribution >= 4 is 12.0 Å². The van der Waals surface area contributed by atoms with Crippen LogP contribution < -0.4 is 9.47 Å². The van der Waals surface area contributed by atoms with Crippen molar-refractivity contribution in [2.75, 3.05) is 7.11 Å². The van der Waals surface area contributed by atoms with Crippen molar-refractivity contribution in [3.8, 4) is 11.5 Å². The minimum Gasteiger partial charge on any atom is -0.493 e. The van der Waals surface area contributed by atoms with E-state index in [1.54, 1.807) is 30.3 Å². The summed E-state index contributed by atoms with van der Waals surface area (Å²) in [6.07, 6.45) is 2.52. The van der Waals surface area contributed by atoms with E-state index >= 15 is 0 Å². The summed E-state index contributed by atoms with van der Waals surface area (Å²) in [7, 11) is 1.50. The Balaban J connectivity index is 2.10. The topological polar surface area (TPSA) is 55.8 Å². The molecule has 0 saturated carbocycles. The van der Waals surface area contributed by atoms with Crippen molar-refractivity contribution in [2.45, 2.75) is 6.61 Å². The number of benzene rings is 2. The molecule has 0 radical (unpaired) electrons. The van der Waals surface area contributed by atoms with E-state index in [-0.39, 0.29) is 12.4 Å². The van der Waals surface area contributed by atoms with Crippen molar-refractivity contribution in [2.24, 2.45) is 0 Å². The standard InChI is InChI=1S/C17H15FO4/c1-21-16-10-12(5-9-17(19)20)4-8-15(16)22-11-13-2-6-14(18)7-3-13/h2-10H,11H2,1H3,(H,19,20). The van der Waals surface area contributed by atoms with Crippen molar-refractivity contribution in [3.63, 3.8) is 0 Å². The van der Waals surface area contributed by atoms with Gasteiger partial charge in [-0.05, 0) is 41.5 Å². The normalized spacial score (nSPS) is 10.6. The highest BCUT2D eigenvalue weighted by Crippen LogP contribution is 2.29. The molecule has 1 N–H and O–H groups in total. The maximum absolute atomic E-state index is 12.8. The van der Waals surface area contributed by atoms with Gasteiger partial charge in [0.25, 0.3) is 0 Å². The molecule has 22 heavy (non-hydrogen) atoms. The van der Waals surface area contributed by atoms with Crippen LogP contribution in [-0.4, -0.2) is 18.2 Å². The Morgan fingerprint density at radius 3 is 2.55 bits per heavy atom. The third-order valence-corrected chi connectivity index (χ3v) is 2.91. The van der Waals surface area contributed by atoms with Gasteiger partial charge in [0.15, 0.2) is 11.5 Å².